The van der Waals surface area contributed by atoms with E-state index in [1.807, 2.05) is 6.07 Å². The van der Waals surface area contributed by atoms with Gasteiger partial charge in [-0.25, -0.2) is 0 Å². The third-order valence-electron chi connectivity index (χ3n) is 11.5. The van der Waals surface area contributed by atoms with Crippen LogP contribution in [0, 0.1) is 5.92 Å². The van der Waals surface area contributed by atoms with Gasteiger partial charge in [-0.3, -0.25) is 0 Å². The molecule has 1 aromatic heterocycles. The van der Waals surface area contributed by atoms with Crippen molar-refractivity contribution in [2.75, 3.05) is 4.90 Å². The van der Waals surface area contributed by atoms with E-state index in [1.165, 1.54) is 70.7 Å². The number of hydrogen-bond acceptors (Lipinski definition) is 2. The molecule has 10 rings (SSSR count). The summed E-state index contributed by atoms with van der Waals surface area (Å²) in [7, 11) is 0. The fraction of sp³-hybridized carbons (Fsp3) is 0.149. The van der Waals surface area contributed by atoms with Crippen LogP contribution in [0.3, 0.4) is 0 Å². The lowest BCUT2D eigenvalue weighted by molar-refractivity contribution is 0.419. The van der Waals surface area contributed by atoms with Crippen molar-refractivity contribution in [3.05, 3.63) is 163 Å². The summed E-state index contributed by atoms with van der Waals surface area (Å²) in [6.45, 7) is 0. The number of hydrogen-bond donors (Lipinski definition) is 0. The average Bonchev–Trinajstić information content (AvgIpc) is 3.90. The molecule has 236 valence electrons. The van der Waals surface area contributed by atoms with Crippen LogP contribution in [0.25, 0.3) is 55.0 Å². The molecule has 0 spiro atoms. The van der Waals surface area contributed by atoms with Crippen LogP contribution in [0.4, 0.5) is 17.1 Å². The molecule has 7 aromatic carbocycles. The zero-order valence-corrected chi connectivity index (χ0v) is 27.5. The molecule has 0 amide bonds. The second-order valence-electron chi connectivity index (χ2n) is 14.2. The first-order valence-electron chi connectivity index (χ1n) is 17.7. The van der Waals surface area contributed by atoms with Crippen LogP contribution in [-0.2, 0) is 5.41 Å². The summed E-state index contributed by atoms with van der Waals surface area (Å²) in [5.74, 6) is 0.923. The maximum Gasteiger partial charge on any atom is 0.137 e. The Morgan fingerprint density at radius 2 is 1.12 bits per heavy atom. The van der Waals surface area contributed by atoms with Crippen molar-refractivity contribution in [3.8, 4) is 22.3 Å². The molecular formula is C47H37NO. The van der Waals surface area contributed by atoms with Crippen LogP contribution in [-0.4, -0.2) is 0 Å². The minimum absolute atomic E-state index is 0.382. The van der Waals surface area contributed by atoms with Gasteiger partial charge in [0.15, 0.2) is 0 Å². The molecule has 0 N–H and O–H groups in total. The van der Waals surface area contributed by atoms with Crippen LogP contribution in [0.15, 0.2) is 162 Å². The first-order chi connectivity index (χ1) is 24.2. The second kappa shape index (κ2) is 11.2. The molecule has 49 heavy (non-hydrogen) atoms. The van der Waals surface area contributed by atoms with E-state index in [1.54, 1.807) is 0 Å². The van der Waals surface area contributed by atoms with Crippen LogP contribution in [0.1, 0.15) is 37.7 Å². The number of fused-ring (bicyclic) bond motifs is 6. The summed E-state index contributed by atoms with van der Waals surface area (Å²) < 4.78 is 6.37. The molecule has 1 heterocycles. The molecule has 2 heteroatoms. The Morgan fingerprint density at radius 3 is 1.82 bits per heavy atom. The third-order valence-corrected chi connectivity index (χ3v) is 11.5. The second-order valence-corrected chi connectivity index (χ2v) is 14.2. The third kappa shape index (κ3) is 4.62. The number of furan rings is 1. The minimum Gasteiger partial charge on any atom is -0.456 e. The maximum absolute atomic E-state index is 6.37. The molecule has 2 saturated carbocycles. The zero-order chi connectivity index (χ0) is 32.4. The van der Waals surface area contributed by atoms with E-state index in [9.17, 15) is 0 Å². The predicted octanol–water partition coefficient (Wildman–Crippen LogP) is 13.4. The molecule has 0 unspecified atom stereocenters. The Kier molecular flexibility index (Phi) is 6.52. The predicted molar refractivity (Wildman–Crippen MR) is 205 cm³/mol. The van der Waals surface area contributed by atoms with E-state index in [0.717, 1.165) is 44.9 Å². The van der Waals surface area contributed by atoms with E-state index in [2.05, 4.69) is 157 Å². The first kappa shape index (κ1) is 28.4. The summed E-state index contributed by atoms with van der Waals surface area (Å²) in [4.78, 5) is 2.42. The number of benzene rings is 7. The standard InChI is InChI=1S/C47H37NO/c1-2-9-33(10-3-1)39-14-6-11-35-12-7-15-40(45(35)39)34-19-23-37(24-20-34)48(38-25-21-36(22-26-38)47-29-27-32(31-47)28-30-47)42-16-8-18-44-46(42)41-13-4-5-17-43(41)49-44/h1-26,32H,27-31H2. The molecule has 2 fully saturated rings. The van der Waals surface area contributed by atoms with Crippen molar-refractivity contribution in [1.29, 1.82) is 0 Å². The van der Waals surface area contributed by atoms with E-state index in [4.69, 9.17) is 4.42 Å². The van der Waals surface area contributed by atoms with Crippen molar-refractivity contribution >= 4 is 49.8 Å². The van der Waals surface area contributed by atoms with Gasteiger partial charge in [0.1, 0.15) is 11.2 Å². The van der Waals surface area contributed by atoms with E-state index < -0.39 is 0 Å². The highest BCUT2D eigenvalue weighted by molar-refractivity contribution is 6.13. The van der Waals surface area contributed by atoms with Gasteiger partial charge in [0.25, 0.3) is 0 Å². The fourth-order valence-electron chi connectivity index (χ4n) is 9.16. The Balaban J connectivity index is 1.12. The van der Waals surface area contributed by atoms with Gasteiger partial charge in [0.2, 0.25) is 0 Å². The molecule has 0 aliphatic heterocycles. The van der Waals surface area contributed by atoms with Gasteiger partial charge in [0.05, 0.1) is 11.1 Å². The molecule has 0 radical (unpaired) electrons. The molecule has 8 aromatic rings. The normalized spacial score (nSPS) is 18.5. The van der Waals surface area contributed by atoms with Gasteiger partial charge in [-0.2, -0.15) is 0 Å². The van der Waals surface area contributed by atoms with Crippen molar-refractivity contribution in [1.82, 2.24) is 0 Å². The largest absolute Gasteiger partial charge is 0.456 e. The summed E-state index contributed by atoms with van der Waals surface area (Å²) in [5.41, 5.74) is 12.1. The van der Waals surface area contributed by atoms with Gasteiger partial charge >= 0.3 is 0 Å². The molecule has 2 nitrogen and oxygen atoms in total. The smallest absolute Gasteiger partial charge is 0.137 e. The summed E-state index contributed by atoms with van der Waals surface area (Å²) in [6, 6.07) is 57.5. The number of nitrogens with zero attached hydrogens (tertiary/aromatic N) is 1. The van der Waals surface area contributed by atoms with Crippen LogP contribution in [0.2, 0.25) is 0 Å². The van der Waals surface area contributed by atoms with Crippen LogP contribution >= 0.6 is 0 Å². The highest BCUT2D eigenvalue weighted by Gasteiger charge is 2.45. The summed E-state index contributed by atoms with van der Waals surface area (Å²) in [5, 5.41) is 4.81. The summed E-state index contributed by atoms with van der Waals surface area (Å²) in [6.07, 6.45) is 6.81. The van der Waals surface area contributed by atoms with Gasteiger partial charge in [-0.1, -0.05) is 115 Å². The van der Waals surface area contributed by atoms with Crippen molar-refractivity contribution in [2.24, 2.45) is 5.92 Å². The van der Waals surface area contributed by atoms with Crippen molar-refractivity contribution < 1.29 is 4.42 Å². The van der Waals surface area contributed by atoms with Crippen molar-refractivity contribution in [2.45, 2.75) is 37.5 Å². The fourth-order valence-corrected chi connectivity index (χ4v) is 9.16. The van der Waals surface area contributed by atoms with Crippen molar-refractivity contribution in [3.63, 3.8) is 0 Å². The first-order valence-corrected chi connectivity index (χ1v) is 17.7. The lowest BCUT2D eigenvalue weighted by Gasteiger charge is -2.30. The van der Waals surface area contributed by atoms with Crippen LogP contribution < -0.4 is 4.90 Å². The number of anilines is 3. The SMILES string of the molecule is c1ccc(-c2cccc3cccc(-c4ccc(N(c5ccc(C67CCC(CC6)C7)cc5)c5cccc6oc7ccccc7c56)cc4)c23)cc1. The molecule has 2 aliphatic rings. The highest BCUT2D eigenvalue weighted by atomic mass is 16.3. The lowest BCUT2D eigenvalue weighted by Crippen LogP contribution is -2.19. The van der Waals surface area contributed by atoms with E-state index >= 15 is 0 Å². The Bertz CT molecular complexity index is 2460. The summed E-state index contributed by atoms with van der Waals surface area (Å²) >= 11 is 0. The molecule has 2 aliphatic carbocycles. The monoisotopic (exact) mass is 631 g/mol. The van der Waals surface area contributed by atoms with E-state index in [-0.39, 0.29) is 0 Å². The Labute approximate surface area is 287 Å². The lowest BCUT2D eigenvalue weighted by atomic mass is 9.78. The number of para-hydroxylation sites is 1. The molecule has 2 bridgehead atoms. The molecule has 0 saturated heterocycles. The topological polar surface area (TPSA) is 16.4 Å². The van der Waals surface area contributed by atoms with Crippen LogP contribution in [0.5, 0.6) is 0 Å². The molecule has 0 atom stereocenters. The van der Waals surface area contributed by atoms with E-state index in [0.29, 0.717) is 5.41 Å². The quantitative estimate of drug-likeness (QED) is 0.182. The van der Waals surface area contributed by atoms with Gasteiger partial charge in [-0.15, -0.1) is 0 Å². The minimum atomic E-state index is 0.382. The Hall–Kier alpha value is -5.60. The highest BCUT2D eigenvalue weighted by Crippen LogP contribution is 2.55. The average molecular weight is 632 g/mol. The molecular weight excluding hydrogens is 595 g/mol. The van der Waals surface area contributed by atoms with Gasteiger partial charge < -0.3 is 9.32 Å². The zero-order valence-electron chi connectivity index (χ0n) is 27.5. The van der Waals surface area contributed by atoms with Gasteiger partial charge in [0, 0.05) is 16.8 Å². The maximum atomic E-state index is 6.37. The Morgan fingerprint density at radius 1 is 0.510 bits per heavy atom. The number of rotatable bonds is 6. The van der Waals surface area contributed by atoms with Gasteiger partial charge in [-0.05, 0) is 124 Å².